The molecule has 0 aromatic heterocycles. The summed E-state index contributed by atoms with van der Waals surface area (Å²) in [6.45, 7) is 5.46. The van der Waals surface area contributed by atoms with Crippen molar-refractivity contribution in [3.63, 3.8) is 0 Å². The molecule has 0 aliphatic heterocycles. The van der Waals surface area contributed by atoms with Crippen LogP contribution in [0.2, 0.25) is 0 Å². The van der Waals surface area contributed by atoms with Crippen LogP contribution >= 0.6 is 12.6 Å². The lowest BCUT2D eigenvalue weighted by atomic mass is 10.1. The van der Waals surface area contributed by atoms with Crippen molar-refractivity contribution in [3.05, 3.63) is 0 Å². The Morgan fingerprint density at radius 3 is 2.58 bits per heavy atom. The molecule has 12 heavy (non-hydrogen) atoms. The quantitative estimate of drug-likeness (QED) is 0.532. The van der Waals surface area contributed by atoms with Crippen LogP contribution in [0.1, 0.15) is 40.0 Å². The molecule has 0 amide bonds. The fourth-order valence-electron chi connectivity index (χ4n) is 1.17. The molecule has 72 valence electrons. The minimum atomic E-state index is -0.209. The van der Waals surface area contributed by atoms with E-state index >= 15 is 0 Å². The van der Waals surface area contributed by atoms with E-state index in [0.29, 0.717) is 5.25 Å². The van der Waals surface area contributed by atoms with Crippen LogP contribution in [0.3, 0.4) is 0 Å². The van der Waals surface area contributed by atoms with Crippen LogP contribution in [0.25, 0.3) is 0 Å². The van der Waals surface area contributed by atoms with Crippen molar-refractivity contribution in [2.45, 2.75) is 51.4 Å². The summed E-state index contributed by atoms with van der Waals surface area (Å²) in [7, 11) is 0. The highest BCUT2D eigenvalue weighted by molar-refractivity contribution is 7.80. The molecular weight excluding hydrogens is 172 g/mol. The van der Waals surface area contributed by atoms with Gasteiger partial charge in [0.25, 0.3) is 0 Å². The lowest BCUT2D eigenvalue weighted by molar-refractivity contribution is -0.145. The maximum absolute atomic E-state index is 10.5. The third kappa shape index (κ3) is 6.53. The SMILES string of the molecule is CCC[C@@H](S)C[C@@H](C)OC(C)=O. The molecule has 0 saturated carbocycles. The topological polar surface area (TPSA) is 26.3 Å². The standard InChI is InChI=1S/C9H18O2S/c1-4-5-9(12)6-7(2)11-8(3)10/h7,9,12H,4-6H2,1-3H3/t7-,9-/m1/s1. The molecule has 0 radical (unpaired) electrons. The molecule has 0 saturated heterocycles. The monoisotopic (exact) mass is 190 g/mol. The van der Waals surface area contributed by atoms with Crippen molar-refractivity contribution < 1.29 is 9.53 Å². The van der Waals surface area contributed by atoms with Gasteiger partial charge in [-0.05, 0) is 19.8 Å². The zero-order valence-corrected chi connectivity index (χ0v) is 8.93. The molecule has 0 spiro atoms. The molecular formula is C9H18O2S. The Kier molecular flexibility index (Phi) is 6.25. The van der Waals surface area contributed by atoms with Crippen LogP contribution in [-0.4, -0.2) is 17.3 Å². The molecule has 0 aliphatic rings. The van der Waals surface area contributed by atoms with Gasteiger partial charge in [0.05, 0.1) is 0 Å². The zero-order valence-electron chi connectivity index (χ0n) is 8.04. The maximum atomic E-state index is 10.5. The van der Waals surface area contributed by atoms with Gasteiger partial charge in [-0.1, -0.05) is 13.3 Å². The number of thiol groups is 1. The number of hydrogen-bond acceptors (Lipinski definition) is 3. The van der Waals surface area contributed by atoms with E-state index in [4.69, 9.17) is 4.74 Å². The average molecular weight is 190 g/mol. The molecule has 0 aliphatic carbocycles. The van der Waals surface area contributed by atoms with Crippen LogP contribution in [0.15, 0.2) is 0 Å². The third-order valence-corrected chi connectivity index (χ3v) is 2.06. The lowest BCUT2D eigenvalue weighted by Gasteiger charge is -2.15. The molecule has 0 bridgehead atoms. The number of carbonyl (C=O) groups excluding carboxylic acids is 1. The molecule has 0 heterocycles. The molecule has 3 heteroatoms. The van der Waals surface area contributed by atoms with Crippen LogP contribution in [0.5, 0.6) is 0 Å². The normalized spacial score (nSPS) is 15.3. The predicted octanol–water partition coefficient (Wildman–Crippen LogP) is 2.43. The van der Waals surface area contributed by atoms with Gasteiger partial charge in [-0.3, -0.25) is 4.79 Å². The Labute approximate surface area is 80.1 Å². The molecule has 2 nitrogen and oxygen atoms in total. The van der Waals surface area contributed by atoms with Crippen LogP contribution in [0, 0.1) is 0 Å². The Balaban J connectivity index is 3.53. The number of ether oxygens (including phenoxy) is 1. The van der Waals surface area contributed by atoms with Gasteiger partial charge in [-0.25, -0.2) is 0 Å². The number of hydrogen-bond donors (Lipinski definition) is 1. The predicted molar refractivity (Wildman–Crippen MR) is 53.5 cm³/mol. The van der Waals surface area contributed by atoms with Gasteiger partial charge in [-0.2, -0.15) is 12.6 Å². The highest BCUT2D eigenvalue weighted by Gasteiger charge is 2.10. The van der Waals surface area contributed by atoms with Crippen LogP contribution < -0.4 is 0 Å². The second kappa shape index (κ2) is 6.35. The van der Waals surface area contributed by atoms with Gasteiger partial charge >= 0.3 is 5.97 Å². The highest BCUT2D eigenvalue weighted by atomic mass is 32.1. The van der Waals surface area contributed by atoms with E-state index in [1.54, 1.807) is 0 Å². The summed E-state index contributed by atoms with van der Waals surface area (Å²) in [5.41, 5.74) is 0. The second-order valence-corrected chi connectivity index (χ2v) is 3.83. The average Bonchev–Trinajstić information content (AvgIpc) is 1.84. The first-order valence-corrected chi connectivity index (χ1v) is 4.93. The molecule has 0 N–H and O–H groups in total. The minimum Gasteiger partial charge on any atom is -0.463 e. The molecule has 0 aromatic rings. The molecule has 0 fully saturated rings. The van der Waals surface area contributed by atoms with E-state index in [0.717, 1.165) is 19.3 Å². The Bertz CT molecular complexity index is 136. The first-order valence-electron chi connectivity index (χ1n) is 4.41. The molecule has 2 atom stereocenters. The zero-order chi connectivity index (χ0) is 9.56. The summed E-state index contributed by atoms with van der Waals surface area (Å²) in [6.07, 6.45) is 3.04. The number of carbonyl (C=O) groups is 1. The third-order valence-electron chi connectivity index (χ3n) is 1.59. The van der Waals surface area contributed by atoms with Gasteiger partial charge in [-0.15, -0.1) is 0 Å². The Hall–Kier alpha value is -0.180. The fourth-order valence-corrected chi connectivity index (χ4v) is 1.72. The Morgan fingerprint density at radius 2 is 2.17 bits per heavy atom. The summed E-state index contributed by atoms with van der Waals surface area (Å²) in [6, 6.07) is 0. The second-order valence-electron chi connectivity index (χ2n) is 3.10. The maximum Gasteiger partial charge on any atom is 0.302 e. The summed E-state index contributed by atoms with van der Waals surface area (Å²) < 4.78 is 4.98. The van der Waals surface area contributed by atoms with Gasteiger partial charge in [0.15, 0.2) is 0 Å². The summed E-state index contributed by atoms with van der Waals surface area (Å²) in [5, 5.41) is 0.351. The number of rotatable bonds is 5. The van der Waals surface area contributed by atoms with Crippen molar-refractivity contribution in [2.24, 2.45) is 0 Å². The van der Waals surface area contributed by atoms with Gasteiger partial charge in [0, 0.05) is 12.2 Å². The largest absolute Gasteiger partial charge is 0.463 e. The summed E-state index contributed by atoms with van der Waals surface area (Å²) in [5.74, 6) is -0.209. The van der Waals surface area contributed by atoms with Gasteiger partial charge in [0.1, 0.15) is 6.10 Å². The van der Waals surface area contributed by atoms with Crippen molar-refractivity contribution >= 4 is 18.6 Å². The van der Waals surface area contributed by atoms with E-state index in [9.17, 15) is 4.79 Å². The minimum absolute atomic E-state index is 0.00319. The Morgan fingerprint density at radius 1 is 1.58 bits per heavy atom. The fraction of sp³-hybridized carbons (Fsp3) is 0.889. The first kappa shape index (κ1) is 11.8. The van der Waals surface area contributed by atoms with Gasteiger partial charge < -0.3 is 4.74 Å². The summed E-state index contributed by atoms with van der Waals surface area (Å²) >= 11 is 4.38. The molecule has 0 aromatic carbocycles. The van der Waals surface area contributed by atoms with Crippen molar-refractivity contribution in [1.29, 1.82) is 0 Å². The highest BCUT2D eigenvalue weighted by Crippen LogP contribution is 2.13. The van der Waals surface area contributed by atoms with E-state index in [1.165, 1.54) is 6.92 Å². The smallest absolute Gasteiger partial charge is 0.302 e. The van der Waals surface area contributed by atoms with Crippen LogP contribution in [-0.2, 0) is 9.53 Å². The van der Waals surface area contributed by atoms with E-state index in [2.05, 4.69) is 19.6 Å². The van der Waals surface area contributed by atoms with E-state index < -0.39 is 0 Å². The number of esters is 1. The van der Waals surface area contributed by atoms with Gasteiger partial charge in [0.2, 0.25) is 0 Å². The van der Waals surface area contributed by atoms with Crippen molar-refractivity contribution in [3.8, 4) is 0 Å². The first-order chi connectivity index (χ1) is 5.56. The lowest BCUT2D eigenvalue weighted by Crippen LogP contribution is -2.16. The van der Waals surface area contributed by atoms with E-state index in [1.807, 2.05) is 6.92 Å². The molecule has 0 rings (SSSR count). The van der Waals surface area contributed by atoms with Crippen LogP contribution in [0.4, 0.5) is 0 Å². The molecule has 0 unspecified atom stereocenters. The van der Waals surface area contributed by atoms with E-state index in [-0.39, 0.29) is 12.1 Å². The van der Waals surface area contributed by atoms with Crippen molar-refractivity contribution in [2.75, 3.05) is 0 Å². The summed E-state index contributed by atoms with van der Waals surface area (Å²) in [4.78, 5) is 10.5. The van der Waals surface area contributed by atoms with Crippen molar-refractivity contribution in [1.82, 2.24) is 0 Å².